The summed E-state index contributed by atoms with van der Waals surface area (Å²) >= 11 is 0. The van der Waals surface area contributed by atoms with Crippen molar-refractivity contribution in [3.63, 3.8) is 0 Å². The van der Waals surface area contributed by atoms with E-state index in [4.69, 9.17) is 57.3 Å². The first-order chi connectivity index (χ1) is 35.3. The van der Waals surface area contributed by atoms with Gasteiger partial charge in [-0.1, -0.05) is 23.7 Å². The smallest absolute Gasteiger partial charge is 0.490 e. The predicted octanol–water partition coefficient (Wildman–Crippen LogP) is 7.50. The minimum Gasteiger partial charge on any atom is -0.490 e. The van der Waals surface area contributed by atoms with Crippen LogP contribution in [0.5, 0.6) is 11.5 Å². The highest BCUT2D eigenvalue weighted by Crippen LogP contribution is 2.48. The van der Waals surface area contributed by atoms with Crippen molar-refractivity contribution in [2.45, 2.75) is 66.5 Å². The van der Waals surface area contributed by atoms with Crippen LogP contribution in [-0.4, -0.2) is 154 Å². The first kappa shape index (κ1) is 61.9. The van der Waals surface area contributed by atoms with Gasteiger partial charge >= 0.3 is 29.2 Å². The number of carbonyl (C=O) groups is 1. The second-order valence-electron chi connectivity index (χ2n) is 16.3. The highest BCUT2D eigenvalue weighted by molar-refractivity contribution is 7.58. The van der Waals surface area contributed by atoms with Crippen LogP contribution in [0.25, 0.3) is 11.6 Å². The van der Waals surface area contributed by atoms with Crippen LogP contribution in [0.1, 0.15) is 81.5 Å². The van der Waals surface area contributed by atoms with Crippen LogP contribution in [0.15, 0.2) is 48.8 Å². The molecule has 4 unspecified atom stereocenters. The van der Waals surface area contributed by atoms with E-state index in [1.165, 1.54) is 25.8 Å². The summed E-state index contributed by atoms with van der Waals surface area (Å²) in [5.41, 5.74) is 2.26. The summed E-state index contributed by atoms with van der Waals surface area (Å²) in [7, 11) is -10.6. The maximum absolute atomic E-state index is 13.3. The Morgan fingerprint density at radius 1 is 0.703 bits per heavy atom. The van der Waals surface area contributed by atoms with Crippen LogP contribution < -0.4 is 9.47 Å². The normalized spacial score (nSPS) is 14.1. The van der Waals surface area contributed by atoms with Crippen LogP contribution in [0.4, 0.5) is 0 Å². The van der Waals surface area contributed by atoms with E-state index in [1.54, 1.807) is 90.7 Å². The molecular formula is C47H68N7O16P4+. The number of benzene rings is 1. The molecule has 0 fully saturated rings. The molecule has 4 rings (SSSR count). The monoisotopic (exact) mass is 1110 g/mol. The van der Waals surface area contributed by atoms with Crippen LogP contribution in [0.3, 0.4) is 0 Å². The van der Waals surface area contributed by atoms with Crippen molar-refractivity contribution in [2.24, 2.45) is 0 Å². The first-order valence-electron chi connectivity index (χ1n) is 23.7. The minimum absolute atomic E-state index is 0.00519. The van der Waals surface area contributed by atoms with E-state index in [0.29, 0.717) is 65.4 Å². The average molecular weight is 1110 g/mol. The zero-order chi connectivity index (χ0) is 54.2. The van der Waals surface area contributed by atoms with Gasteiger partial charge in [0.1, 0.15) is 37.3 Å². The summed E-state index contributed by atoms with van der Waals surface area (Å²) in [6.45, 7) is 9.35. The fraction of sp³-hybridized carbons (Fsp3) is 0.532. The lowest BCUT2D eigenvalue weighted by Gasteiger charge is -2.26. The molecule has 0 spiro atoms. The quantitative estimate of drug-likeness (QED) is 0.0232. The Labute approximate surface area is 433 Å². The van der Waals surface area contributed by atoms with Crippen molar-refractivity contribution >= 4 is 36.6 Å². The second kappa shape index (κ2) is 31.4. The van der Waals surface area contributed by atoms with Gasteiger partial charge in [-0.3, -0.25) is 23.4 Å². The molecule has 23 nitrogen and oxygen atoms in total. The Hall–Kier alpha value is -4.63. The van der Waals surface area contributed by atoms with Crippen LogP contribution in [-0.2, 0) is 63.7 Å². The number of aromatic nitrogens is 5. The van der Waals surface area contributed by atoms with E-state index in [2.05, 4.69) is 23.7 Å². The third-order valence-corrected chi connectivity index (χ3v) is 15.6. The standard InChI is InChI=1S/C47H67N7O16P4/c1-8-67-71(57)34-51(36-73(59,60)69-10-3)32-41-20-22-53(49-41)45-28-38(29-46(48-45)54-23-21-42(50-54)33-52(35-72(7,58)68-9-2)37-74(61,62)70-11-4)18-19-40-31-43(65-26-24-63-5)39(30-44(40)66-27-25-64-6)16-14-12-13-15-17-47(55)56/h20-23,28-31H,8-13,15,17,24-27,32-37H2,1-7H3,(H2-,55,56,59,60,61,62)/p+1. The third-order valence-electron chi connectivity index (χ3n) is 9.87. The van der Waals surface area contributed by atoms with Gasteiger partial charge in [-0.2, -0.15) is 10.2 Å². The van der Waals surface area contributed by atoms with Crippen molar-refractivity contribution in [3.8, 4) is 46.8 Å². The van der Waals surface area contributed by atoms with Gasteiger partial charge in [-0.15, -0.1) is 4.52 Å². The number of pyridine rings is 1. The fourth-order valence-electron chi connectivity index (χ4n) is 6.97. The van der Waals surface area contributed by atoms with Gasteiger partial charge in [0.2, 0.25) is 13.7 Å². The van der Waals surface area contributed by atoms with E-state index < -0.39 is 49.1 Å². The number of nitrogens with zero attached hydrogens (tertiary/aromatic N) is 7. The van der Waals surface area contributed by atoms with Crippen molar-refractivity contribution in [1.82, 2.24) is 34.3 Å². The molecule has 0 radical (unpaired) electrons. The lowest BCUT2D eigenvalue weighted by atomic mass is 10.1. The molecule has 3 aromatic heterocycles. The number of hydrogen-bond donors (Lipinski definition) is 3. The van der Waals surface area contributed by atoms with Gasteiger partial charge in [0.25, 0.3) is 0 Å². The second-order valence-corrected chi connectivity index (χ2v) is 23.7. The minimum atomic E-state index is -4.12. The lowest BCUT2D eigenvalue weighted by molar-refractivity contribution is -0.137. The summed E-state index contributed by atoms with van der Waals surface area (Å²) in [5.74, 6) is 13.2. The highest BCUT2D eigenvalue weighted by Gasteiger charge is 2.31. The molecule has 74 heavy (non-hydrogen) atoms. The molecule has 3 heterocycles. The van der Waals surface area contributed by atoms with Gasteiger partial charge in [-0.05, 0) is 69.4 Å². The third kappa shape index (κ3) is 22.3. The summed E-state index contributed by atoms with van der Waals surface area (Å²) in [6, 6.07) is 10.2. The number of methoxy groups -OCH3 is 2. The van der Waals surface area contributed by atoms with Crippen LogP contribution in [0.2, 0.25) is 0 Å². The zero-order valence-electron chi connectivity index (χ0n) is 42.9. The summed E-state index contributed by atoms with van der Waals surface area (Å²) in [5, 5.41) is 18.5. The molecule has 0 amide bonds. The summed E-state index contributed by atoms with van der Waals surface area (Å²) in [6.07, 6.45) is 3.69. The van der Waals surface area contributed by atoms with Crippen molar-refractivity contribution in [2.75, 3.05) is 98.9 Å². The van der Waals surface area contributed by atoms with Gasteiger partial charge in [0, 0.05) is 76.9 Å². The predicted molar refractivity (Wildman–Crippen MR) is 276 cm³/mol. The molecule has 4 aromatic rings. The molecule has 4 atom stereocenters. The van der Waals surface area contributed by atoms with E-state index in [1.807, 2.05) is 0 Å². The maximum atomic E-state index is 13.3. The number of carboxylic acid groups (broad SMARTS) is 1. The van der Waals surface area contributed by atoms with E-state index >= 15 is 0 Å². The number of aliphatic carboxylic acids is 1. The molecule has 0 saturated heterocycles. The molecule has 27 heteroatoms. The number of hydrogen-bond acceptors (Lipinski definition) is 18. The molecule has 0 bridgehead atoms. The Morgan fingerprint density at radius 3 is 1.74 bits per heavy atom. The lowest BCUT2D eigenvalue weighted by Crippen LogP contribution is -2.27. The molecule has 0 aliphatic rings. The topological polar surface area (TPSA) is 275 Å². The first-order valence-corrected chi connectivity index (χ1v) is 30.9. The number of ether oxygens (including phenoxy) is 4. The van der Waals surface area contributed by atoms with Crippen molar-refractivity contribution in [3.05, 3.63) is 76.9 Å². The van der Waals surface area contributed by atoms with E-state index in [-0.39, 0.29) is 90.0 Å². The Bertz CT molecular complexity index is 2700. The fourth-order valence-corrected chi connectivity index (χ4v) is 12.1. The Morgan fingerprint density at radius 2 is 1.23 bits per heavy atom. The van der Waals surface area contributed by atoms with E-state index in [0.717, 1.165) is 0 Å². The van der Waals surface area contributed by atoms with Gasteiger partial charge in [-0.25, -0.2) is 19.2 Å². The summed E-state index contributed by atoms with van der Waals surface area (Å²) in [4.78, 5) is 40.0. The maximum Gasteiger partial charge on any atom is 0.524 e. The van der Waals surface area contributed by atoms with Crippen molar-refractivity contribution < 1.29 is 75.0 Å². The molecular weight excluding hydrogens is 1040 g/mol. The number of rotatable bonds is 34. The molecule has 0 aliphatic heterocycles. The molecule has 0 aliphatic carbocycles. The molecule has 406 valence electrons. The summed E-state index contributed by atoms with van der Waals surface area (Å²) < 4.78 is 98.6. The van der Waals surface area contributed by atoms with Crippen molar-refractivity contribution in [1.29, 1.82) is 0 Å². The molecule has 0 saturated carbocycles. The largest absolute Gasteiger partial charge is 0.524 e. The van der Waals surface area contributed by atoms with Gasteiger partial charge < -0.3 is 47.4 Å². The number of unbranched alkanes of at least 4 members (excludes halogenated alkanes) is 2. The van der Waals surface area contributed by atoms with Crippen LogP contribution in [0, 0.1) is 23.7 Å². The SMILES string of the molecule is CCO[P+](=O)CN(Cc1ccn(-c2cc(C#Cc3cc(OCCOC)c(C#CCCCCC(=O)O)cc3OCCOC)cc(-n3ccc(CN(CP(C)(=O)OCC)CP(=O)(O)OCC)n3)n2)n1)CP(=O)(O)OCC. The number of carboxylic acids is 1. The van der Waals surface area contributed by atoms with Gasteiger partial charge in [0.05, 0.1) is 68.4 Å². The Balaban J connectivity index is 1.85. The Kier molecular flexibility index (Phi) is 26.3. The van der Waals surface area contributed by atoms with E-state index in [9.17, 15) is 32.8 Å². The molecule has 1 aromatic carbocycles. The zero-order valence-corrected chi connectivity index (χ0v) is 46.5. The molecule has 3 N–H and O–H groups in total. The highest BCUT2D eigenvalue weighted by atomic mass is 31.2. The van der Waals surface area contributed by atoms with Crippen LogP contribution >= 0.6 is 30.6 Å². The van der Waals surface area contributed by atoms with Gasteiger partial charge in [0.15, 0.2) is 11.6 Å². The average Bonchev–Trinajstić information content (AvgIpc) is 3.99.